The molecule has 8 nitrogen and oxygen atoms in total. The Hall–Kier alpha value is -2.26. The molecule has 206 valence electrons. The SMILES string of the molecule is C=C[C@]1(C)C[C@@]2(CO2)[C@H](O)[C@@H](/C=C/C(C)=C/C[C@@H]2O[C@H](C)[C@H](NC(=O)/C=C\[C@H](C)OC(C)=O)C[C@@H]2C)O1. The second kappa shape index (κ2) is 12.1. The molecule has 3 heterocycles. The highest BCUT2D eigenvalue weighted by molar-refractivity contribution is 5.87. The fraction of sp³-hybridized carbons (Fsp3) is 0.655. The summed E-state index contributed by atoms with van der Waals surface area (Å²) < 4.78 is 23.0. The van der Waals surface area contributed by atoms with Gasteiger partial charge in [-0.05, 0) is 52.5 Å². The number of rotatable bonds is 9. The monoisotopic (exact) mass is 517 g/mol. The van der Waals surface area contributed by atoms with E-state index < -0.39 is 29.5 Å². The molecule has 0 bridgehead atoms. The van der Waals surface area contributed by atoms with Crippen LogP contribution in [-0.2, 0) is 28.5 Å². The van der Waals surface area contributed by atoms with E-state index in [-0.39, 0.29) is 36.0 Å². The molecule has 1 spiro atoms. The van der Waals surface area contributed by atoms with Crippen LogP contribution in [0.2, 0.25) is 0 Å². The quantitative estimate of drug-likeness (QED) is 0.158. The Kier molecular flexibility index (Phi) is 9.56. The molecule has 3 aliphatic rings. The first kappa shape index (κ1) is 29.3. The van der Waals surface area contributed by atoms with Crippen molar-refractivity contribution in [2.24, 2.45) is 5.92 Å². The minimum Gasteiger partial charge on any atom is -0.459 e. The Morgan fingerprint density at radius 2 is 1.97 bits per heavy atom. The predicted molar refractivity (Wildman–Crippen MR) is 141 cm³/mol. The molecule has 0 aromatic carbocycles. The maximum Gasteiger partial charge on any atom is 0.303 e. The Morgan fingerprint density at radius 3 is 2.59 bits per heavy atom. The average Bonchev–Trinajstić information content (AvgIpc) is 3.59. The lowest BCUT2D eigenvalue weighted by Gasteiger charge is -2.42. The molecular weight excluding hydrogens is 474 g/mol. The summed E-state index contributed by atoms with van der Waals surface area (Å²) in [6, 6.07) is -0.0986. The van der Waals surface area contributed by atoms with Crippen molar-refractivity contribution in [1.29, 1.82) is 0 Å². The van der Waals surface area contributed by atoms with Crippen molar-refractivity contribution in [3.05, 3.63) is 48.6 Å². The van der Waals surface area contributed by atoms with Crippen molar-refractivity contribution in [2.75, 3.05) is 6.61 Å². The highest BCUT2D eigenvalue weighted by atomic mass is 16.6. The number of ether oxygens (including phenoxy) is 4. The maximum absolute atomic E-state index is 12.3. The van der Waals surface area contributed by atoms with E-state index in [9.17, 15) is 14.7 Å². The zero-order valence-corrected chi connectivity index (χ0v) is 22.9. The largest absolute Gasteiger partial charge is 0.459 e. The molecule has 1 amide bonds. The second-order valence-corrected chi connectivity index (χ2v) is 11.0. The van der Waals surface area contributed by atoms with E-state index >= 15 is 0 Å². The number of hydrogen-bond acceptors (Lipinski definition) is 7. The van der Waals surface area contributed by atoms with Gasteiger partial charge >= 0.3 is 5.97 Å². The molecule has 37 heavy (non-hydrogen) atoms. The van der Waals surface area contributed by atoms with Gasteiger partial charge in [-0.25, -0.2) is 0 Å². The molecule has 8 heteroatoms. The lowest BCUT2D eigenvalue weighted by Crippen LogP contribution is -2.54. The van der Waals surface area contributed by atoms with Crippen molar-refractivity contribution < 1.29 is 33.6 Å². The summed E-state index contributed by atoms with van der Waals surface area (Å²) >= 11 is 0. The van der Waals surface area contributed by atoms with Gasteiger partial charge < -0.3 is 29.4 Å². The summed E-state index contributed by atoms with van der Waals surface area (Å²) in [4.78, 5) is 23.3. The van der Waals surface area contributed by atoms with Crippen molar-refractivity contribution in [1.82, 2.24) is 5.32 Å². The maximum atomic E-state index is 12.3. The summed E-state index contributed by atoms with van der Waals surface area (Å²) in [6.45, 7) is 15.6. The molecule has 0 aromatic rings. The van der Waals surface area contributed by atoms with Gasteiger partial charge in [-0.1, -0.05) is 36.8 Å². The van der Waals surface area contributed by atoms with Gasteiger partial charge in [0.1, 0.15) is 23.9 Å². The molecular formula is C29H43NO7. The van der Waals surface area contributed by atoms with Crippen molar-refractivity contribution >= 4 is 11.9 Å². The van der Waals surface area contributed by atoms with Crippen LogP contribution in [0.1, 0.15) is 60.8 Å². The van der Waals surface area contributed by atoms with Crippen LogP contribution in [0, 0.1) is 5.92 Å². The molecule has 0 saturated carbocycles. The van der Waals surface area contributed by atoms with Crippen LogP contribution in [0.5, 0.6) is 0 Å². The Labute approximate surface area is 220 Å². The first-order chi connectivity index (χ1) is 17.4. The van der Waals surface area contributed by atoms with Crippen molar-refractivity contribution in [3.8, 4) is 0 Å². The molecule has 0 aliphatic carbocycles. The summed E-state index contributed by atoms with van der Waals surface area (Å²) in [7, 11) is 0. The summed E-state index contributed by atoms with van der Waals surface area (Å²) in [5.41, 5.74) is -0.0116. The van der Waals surface area contributed by atoms with Gasteiger partial charge in [0.25, 0.3) is 0 Å². The number of carbonyl (C=O) groups is 2. The molecule has 3 aliphatic heterocycles. The Morgan fingerprint density at radius 1 is 1.27 bits per heavy atom. The van der Waals surface area contributed by atoms with Crippen LogP contribution in [0.4, 0.5) is 0 Å². The molecule has 3 rings (SSSR count). The fourth-order valence-corrected chi connectivity index (χ4v) is 5.13. The number of carbonyl (C=O) groups excluding carboxylic acids is 2. The van der Waals surface area contributed by atoms with Crippen LogP contribution in [-0.4, -0.2) is 71.4 Å². The molecule has 9 atom stereocenters. The number of epoxide rings is 1. The summed E-state index contributed by atoms with van der Waals surface area (Å²) in [5, 5.41) is 13.8. The number of hydrogen-bond donors (Lipinski definition) is 2. The van der Waals surface area contributed by atoms with Crippen LogP contribution in [0.25, 0.3) is 0 Å². The van der Waals surface area contributed by atoms with Gasteiger partial charge in [-0.2, -0.15) is 0 Å². The summed E-state index contributed by atoms with van der Waals surface area (Å²) in [6.07, 6.45) is 11.2. The van der Waals surface area contributed by atoms with Gasteiger partial charge in [-0.3, -0.25) is 9.59 Å². The first-order valence-corrected chi connectivity index (χ1v) is 13.2. The Balaban J connectivity index is 1.50. The third-order valence-corrected chi connectivity index (χ3v) is 7.49. The predicted octanol–water partition coefficient (Wildman–Crippen LogP) is 3.55. The number of aliphatic hydroxyl groups excluding tert-OH is 1. The number of esters is 1. The first-order valence-electron chi connectivity index (χ1n) is 13.2. The van der Waals surface area contributed by atoms with Gasteiger partial charge in [0.05, 0.1) is 30.5 Å². The van der Waals surface area contributed by atoms with Crippen LogP contribution in [0.15, 0.2) is 48.6 Å². The molecule has 0 radical (unpaired) electrons. The zero-order valence-electron chi connectivity index (χ0n) is 22.9. The number of nitrogens with one attached hydrogen (secondary N) is 1. The van der Waals surface area contributed by atoms with Gasteiger partial charge in [0.15, 0.2) is 0 Å². The zero-order chi connectivity index (χ0) is 27.4. The standard InChI is InChI=1S/C29H43NO7/c1-8-28(7)16-29(17-34-29)27(33)25(37-28)13-10-18(2)9-12-24-19(3)15-23(21(5)36-24)30-26(32)14-11-20(4)35-22(6)31/h8-11,13-14,19-21,23-25,27,33H,1,12,15-17H2,2-7H3,(H,30,32)/b13-10+,14-11-,18-9+/t19-,20-,21+,23+,24-,25+,27+,28+,29+/m0/s1. The van der Waals surface area contributed by atoms with E-state index in [1.54, 1.807) is 19.1 Å². The van der Waals surface area contributed by atoms with Gasteiger partial charge in [0, 0.05) is 19.4 Å². The van der Waals surface area contributed by atoms with Gasteiger partial charge in [-0.15, -0.1) is 6.58 Å². The van der Waals surface area contributed by atoms with E-state index in [1.807, 2.05) is 32.9 Å². The Bertz CT molecular complexity index is 937. The molecule has 3 fully saturated rings. The smallest absolute Gasteiger partial charge is 0.303 e. The second-order valence-electron chi connectivity index (χ2n) is 11.0. The lowest BCUT2D eigenvalue weighted by molar-refractivity contribution is -0.158. The van der Waals surface area contributed by atoms with Crippen molar-refractivity contribution in [3.63, 3.8) is 0 Å². The minimum absolute atomic E-state index is 0.0368. The van der Waals surface area contributed by atoms with E-state index in [0.717, 1.165) is 18.4 Å². The number of aliphatic hydroxyl groups is 1. The minimum atomic E-state index is -0.709. The topological polar surface area (TPSA) is 107 Å². The highest BCUT2D eigenvalue weighted by Gasteiger charge is 2.60. The number of amides is 1. The molecule has 0 unspecified atom stereocenters. The van der Waals surface area contributed by atoms with E-state index in [4.69, 9.17) is 18.9 Å². The van der Waals surface area contributed by atoms with Gasteiger partial charge in [0.2, 0.25) is 5.91 Å². The number of allylic oxidation sites excluding steroid dienone is 2. The van der Waals surface area contributed by atoms with Crippen LogP contribution >= 0.6 is 0 Å². The van der Waals surface area contributed by atoms with E-state index in [2.05, 4.69) is 24.9 Å². The molecule has 3 saturated heterocycles. The molecule has 0 aromatic heterocycles. The normalized spacial score (nSPS) is 39.1. The van der Waals surface area contributed by atoms with Crippen molar-refractivity contribution in [2.45, 2.75) is 109 Å². The third kappa shape index (κ3) is 7.87. The summed E-state index contributed by atoms with van der Waals surface area (Å²) in [5.74, 6) is -0.366. The van der Waals surface area contributed by atoms with Crippen LogP contribution < -0.4 is 5.32 Å². The fourth-order valence-electron chi connectivity index (χ4n) is 5.13. The van der Waals surface area contributed by atoms with E-state index in [0.29, 0.717) is 13.0 Å². The highest BCUT2D eigenvalue weighted by Crippen LogP contribution is 2.47. The lowest BCUT2D eigenvalue weighted by atomic mass is 9.82. The van der Waals surface area contributed by atoms with Crippen LogP contribution in [0.3, 0.4) is 0 Å². The molecule has 2 N–H and O–H groups in total. The van der Waals surface area contributed by atoms with E-state index in [1.165, 1.54) is 13.0 Å². The third-order valence-electron chi connectivity index (χ3n) is 7.49. The average molecular weight is 518 g/mol.